The van der Waals surface area contributed by atoms with E-state index in [0.29, 0.717) is 13.2 Å². The number of nitrogens with one attached hydrogen (secondary N) is 1. The minimum Gasteiger partial charge on any atom is -0.492 e. The highest BCUT2D eigenvalue weighted by atomic mass is 16.5. The van der Waals surface area contributed by atoms with Crippen molar-refractivity contribution >= 4 is 0 Å². The number of hydrogen-bond donors (Lipinski definition) is 2. The first-order valence-electron chi connectivity index (χ1n) is 5.29. The number of methoxy groups -OCH3 is 1. The first-order chi connectivity index (χ1) is 7.80. The van der Waals surface area contributed by atoms with Crippen LogP contribution in [0.15, 0.2) is 24.3 Å². The second-order valence-electron chi connectivity index (χ2n) is 3.56. The molecular weight excluding hydrogens is 206 g/mol. The SMILES string of the molecule is CNC(CO)COc1cccc(COC)c1. The molecule has 1 unspecified atom stereocenters. The van der Waals surface area contributed by atoms with E-state index in [-0.39, 0.29) is 12.6 Å². The Morgan fingerprint density at radius 1 is 1.44 bits per heavy atom. The second kappa shape index (κ2) is 7.22. The van der Waals surface area contributed by atoms with Crippen molar-refractivity contribution in [2.45, 2.75) is 12.6 Å². The van der Waals surface area contributed by atoms with Gasteiger partial charge in [-0.05, 0) is 24.7 Å². The Balaban J connectivity index is 2.49. The second-order valence-corrected chi connectivity index (χ2v) is 3.56. The molecule has 0 spiro atoms. The molecule has 4 heteroatoms. The molecule has 1 atom stereocenters. The van der Waals surface area contributed by atoms with E-state index in [2.05, 4.69) is 5.32 Å². The average Bonchev–Trinajstić information content (AvgIpc) is 2.31. The highest BCUT2D eigenvalue weighted by Gasteiger charge is 2.05. The molecule has 0 aromatic heterocycles. The summed E-state index contributed by atoms with van der Waals surface area (Å²) in [6, 6.07) is 7.71. The van der Waals surface area contributed by atoms with Gasteiger partial charge in [0.15, 0.2) is 0 Å². The Morgan fingerprint density at radius 3 is 2.88 bits per heavy atom. The van der Waals surface area contributed by atoms with Crippen molar-refractivity contribution in [1.29, 1.82) is 0 Å². The van der Waals surface area contributed by atoms with Crippen LogP contribution in [0, 0.1) is 0 Å². The zero-order valence-corrected chi connectivity index (χ0v) is 9.77. The van der Waals surface area contributed by atoms with E-state index in [1.807, 2.05) is 24.3 Å². The van der Waals surface area contributed by atoms with Crippen LogP contribution in [0.25, 0.3) is 0 Å². The molecule has 0 amide bonds. The van der Waals surface area contributed by atoms with Crippen molar-refractivity contribution < 1.29 is 14.6 Å². The van der Waals surface area contributed by atoms with Gasteiger partial charge in [-0.1, -0.05) is 12.1 Å². The van der Waals surface area contributed by atoms with Crippen molar-refractivity contribution in [3.8, 4) is 5.75 Å². The molecule has 0 bridgehead atoms. The Labute approximate surface area is 96.2 Å². The van der Waals surface area contributed by atoms with Gasteiger partial charge in [-0.3, -0.25) is 0 Å². The van der Waals surface area contributed by atoms with Crippen molar-refractivity contribution in [3.05, 3.63) is 29.8 Å². The lowest BCUT2D eigenvalue weighted by molar-refractivity contribution is 0.181. The summed E-state index contributed by atoms with van der Waals surface area (Å²) in [5.41, 5.74) is 1.07. The van der Waals surface area contributed by atoms with E-state index >= 15 is 0 Å². The summed E-state index contributed by atoms with van der Waals surface area (Å²) < 4.78 is 10.6. The third-order valence-corrected chi connectivity index (χ3v) is 2.29. The summed E-state index contributed by atoms with van der Waals surface area (Å²) in [5, 5.41) is 11.9. The lowest BCUT2D eigenvalue weighted by atomic mass is 10.2. The molecule has 0 heterocycles. The van der Waals surface area contributed by atoms with Crippen LogP contribution in [-0.2, 0) is 11.3 Å². The van der Waals surface area contributed by atoms with E-state index in [1.165, 1.54) is 0 Å². The molecule has 1 aromatic carbocycles. The Morgan fingerprint density at radius 2 is 2.25 bits per heavy atom. The minimum atomic E-state index is -0.0360. The number of aliphatic hydroxyl groups excluding tert-OH is 1. The summed E-state index contributed by atoms with van der Waals surface area (Å²) in [7, 11) is 3.46. The predicted molar refractivity (Wildman–Crippen MR) is 62.6 cm³/mol. The van der Waals surface area contributed by atoms with E-state index in [4.69, 9.17) is 14.6 Å². The Kier molecular flexibility index (Phi) is 5.85. The number of aliphatic hydroxyl groups is 1. The van der Waals surface area contributed by atoms with Crippen molar-refractivity contribution in [1.82, 2.24) is 5.32 Å². The van der Waals surface area contributed by atoms with E-state index in [0.717, 1.165) is 11.3 Å². The van der Waals surface area contributed by atoms with Crippen LogP contribution in [0.4, 0.5) is 0 Å². The molecule has 4 nitrogen and oxygen atoms in total. The zero-order valence-electron chi connectivity index (χ0n) is 9.77. The van der Waals surface area contributed by atoms with Gasteiger partial charge < -0.3 is 19.9 Å². The molecule has 0 radical (unpaired) electrons. The van der Waals surface area contributed by atoms with Gasteiger partial charge >= 0.3 is 0 Å². The smallest absolute Gasteiger partial charge is 0.119 e. The molecule has 0 saturated carbocycles. The lowest BCUT2D eigenvalue weighted by Crippen LogP contribution is -2.34. The first kappa shape index (κ1) is 13.0. The van der Waals surface area contributed by atoms with Gasteiger partial charge in [-0.15, -0.1) is 0 Å². The fourth-order valence-corrected chi connectivity index (χ4v) is 1.32. The van der Waals surface area contributed by atoms with Gasteiger partial charge in [0, 0.05) is 7.11 Å². The fraction of sp³-hybridized carbons (Fsp3) is 0.500. The summed E-state index contributed by atoms with van der Waals surface area (Å²) >= 11 is 0. The number of hydrogen-bond acceptors (Lipinski definition) is 4. The van der Waals surface area contributed by atoms with Gasteiger partial charge in [0.1, 0.15) is 12.4 Å². The van der Waals surface area contributed by atoms with Crippen LogP contribution < -0.4 is 10.1 Å². The molecule has 1 aromatic rings. The molecule has 0 aliphatic carbocycles. The maximum atomic E-state index is 8.98. The molecule has 0 aliphatic heterocycles. The maximum Gasteiger partial charge on any atom is 0.119 e. The van der Waals surface area contributed by atoms with E-state index in [9.17, 15) is 0 Å². The monoisotopic (exact) mass is 225 g/mol. The standard InChI is InChI=1S/C12H19NO3/c1-13-11(7-14)9-16-12-5-3-4-10(6-12)8-15-2/h3-6,11,13-14H,7-9H2,1-2H3. The molecule has 0 saturated heterocycles. The number of likely N-dealkylation sites (N-methyl/N-ethyl adjacent to an activating group) is 1. The summed E-state index contributed by atoms with van der Waals surface area (Å²) in [5.74, 6) is 0.795. The van der Waals surface area contributed by atoms with Gasteiger partial charge in [0.25, 0.3) is 0 Å². The molecule has 90 valence electrons. The highest BCUT2D eigenvalue weighted by Crippen LogP contribution is 2.14. The van der Waals surface area contributed by atoms with Gasteiger partial charge in [0.05, 0.1) is 19.3 Å². The summed E-state index contributed by atoms with van der Waals surface area (Å²) in [4.78, 5) is 0. The largest absolute Gasteiger partial charge is 0.492 e. The van der Waals surface area contributed by atoms with Crippen LogP contribution in [0.2, 0.25) is 0 Å². The van der Waals surface area contributed by atoms with Crippen LogP contribution in [-0.4, -0.2) is 38.5 Å². The Hall–Kier alpha value is -1.10. The Bertz CT molecular complexity index is 300. The van der Waals surface area contributed by atoms with Crippen LogP contribution in [0.1, 0.15) is 5.56 Å². The van der Waals surface area contributed by atoms with Crippen molar-refractivity contribution in [3.63, 3.8) is 0 Å². The minimum absolute atomic E-state index is 0.0360. The number of rotatable bonds is 7. The van der Waals surface area contributed by atoms with Crippen molar-refractivity contribution in [2.75, 3.05) is 27.4 Å². The summed E-state index contributed by atoms with van der Waals surface area (Å²) in [6.07, 6.45) is 0. The maximum absolute atomic E-state index is 8.98. The van der Waals surface area contributed by atoms with Crippen LogP contribution in [0.3, 0.4) is 0 Å². The van der Waals surface area contributed by atoms with Gasteiger partial charge in [-0.2, -0.15) is 0 Å². The topological polar surface area (TPSA) is 50.7 Å². The fourth-order valence-electron chi connectivity index (χ4n) is 1.32. The van der Waals surface area contributed by atoms with Gasteiger partial charge in [0.2, 0.25) is 0 Å². The molecule has 1 rings (SSSR count). The number of ether oxygens (including phenoxy) is 2. The summed E-state index contributed by atoms with van der Waals surface area (Å²) in [6.45, 7) is 1.09. The zero-order chi connectivity index (χ0) is 11.8. The molecule has 2 N–H and O–H groups in total. The molecular formula is C12H19NO3. The normalized spacial score (nSPS) is 12.4. The quantitative estimate of drug-likeness (QED) is 0.720. The third kappa shape index (κ3) is 4.18. The van der Waals surface area contributed by atoms with Crippen molar-refractivity contribution in [2.24, 2.45) is 0 Å². The van der Waals surface area contributed by atoms with Gasteiger partial charge in [-0.25, -0.2) is 0 Å². The van der Waals surface area contributed by atoms with Crippen LogP contribution >= 0.6 is 0 Å². The molecule has 0 aliphatic rings. The molecule has 16 heavy (non-hydrogen) atoms. The lowest BCUT2D eigenvalue weighted by Gasteiger charge is -2.14. The van der Waals surface area contributed by atoms with E-state index in [1.54, 1.807) is 14.2 Å². The third-order valence-electron chi connectivity index (χ3n) is 2.29. The highest BCUT2D eigenvalue weighted by molar-refractivity contribution is 5.28. The number of benzene rings is 1. The van der Waals surface area contributed by atoms with Crippen LogP contribution in [0.5, 0.6) is 5.75 Å². The molecule has 0 fully saturated rings. The van der Waals surface area contributed by atoms with E-state index < -0.39 is 0 Å². The first-order valence-corrected chi connectivity index (χ1v) is 5.29. The predicted octanol–water partition coefficient (Wildman–Crippen LogP) is 0.792. The average molecular weight is 225 g/mol.